The SMILES string of the molecule is Cc1ccc(/C=C\C(=O)Oc2ccc(C)cc2)cc1. The average Bonchev–Trinajstić information content (AvgIpc) is 2.41. The second-order valence-corrected chi connectivity index (χ2v) is 4.48. The van der Waals surface area contributed by atoms with Crippen LogP contribution in [0, 0.1) is 13.8 Å². The monoisotopic (exact) mass is 252 g/mol. The van der Waals surface area contributed by atoms with Gasteiger partial charge in [0.1, 0.15) is 5.75 Å². The molecule has 0 amide bonds. The van der Waals surface area contributed by atoms with Gasteiger partial charge in [0.15, 0.2) is 0 Å². The number of hydrogen-bond donors (Lipinski definition) is 0. The van der Waals surface area contributed by atoms with Crippen molar-refractivity contribution in [2.45, 2.75) is 13.8 Å². The van der Waals surface area contributed by atoms with Crippen LogP contribution in [-0.4, -0.2) is 5.97 Å². The van der Waals surface area contributed by atoms with E-state index in [0.29, 0.717) is 5.75 Å². The van der Waals surface area contributed by atoms with Crippen LogP contribution < -0.4 is 4.74 Å². The third kappa shape index (κ3) is 4.11. The molecule has 0 N–H and O–H groups in total. The van der Waals surface area contributed by atoms with Crippen LogP contribution in [-0.2, 0) is 4.79 Å². The molecule has 2 aromatic carbocycles. The Morgan fingerprint density at radius 3 is 2.00 bits per heavy atom. The Bertz CT molecular complexity index is 578. The summed E-state index contributed by atoms with van der Waals surface area (Å²) in [6.07, 6.45) is 3.18. The standard InChI is InChI=1S/C17H16O2/c1-13-3-7-15(8-4-13)9-12-17(18)19-16-10-5-14(2)6-11-16/h3-12H,1-2H3/b12-9-. The van der Waals surface area contributed by atoms with E-state index in [9.17, 15) is 4.79 Å². The predicted molar refractivity (Wildman–Crippen MR) is 77.0 cm³/mol. The van der Waals surface area contributed by atoms with Crippen molar-refractivity contribution in [2.24, 2.45) is 0 Å². The van der Waals surface area contributed by atoms with Crippen molar-refractivity contribution in [1.29, 1.82) is 0 Å². The summed E-state index contributed by atoms with van der Waals surface area (Å²) >= 11 is 0. The Labute approximate surface area is 113 Å². The highest BCUT2D eigenvalue weighted by molar-refractivity contribution is 5.88. The van der Waals surface area contributed by atoms with E-state index in [2.05, 4.69) is 0 Å². The fourth-order valence-electron chi connectivity index (χ4n) is 1.60. The minimum absolute atomic E-state index is 0.371. The molecule has 0 heterocycles. The molecule has 0 aliphatic heterocycles. The number of hydrogen-bond acceptors (Lipinski definition) is 2. The van der Waals surface area contributed by atoms with Gasteiger partial charge in [-0.2, -0.15) is 0 Å². The fraction of sp³-hybridized carbons (Fsp3) is 0.118. The minimum Gasteiger partial charge on any atom is -0.423 e. The summed E-state index contributed by atoms with van der Waals surface area (Å²) in [7, 11) is 0. The topological polar surface area (TPSA) is 26.3 Å². The van der Waals surface area contributed by atoms with Crippen molar-refractivity contribution in [3.8, 4) is 5.75 Å². The highest BCUT2D eigenvalue weighted by Gasteiger charge is 1.99. The van der Waals surface area contributed by atoms with Crippen molar-refractivity contribution >= 4 is 12.0 Å². The molecule has 2 aromatic rings. The Hall–Kier alpha value is -2.35. The molecule has 96 valence electrons. The van der Waals surface area contributed by atoms with Gasteiger partial charge in [0, 0.05) is 6.08 Å². The van der Waals surface area contributed by atoms with Crippen LogP contribution in [0.3, 0.4) is 0 Å². The predicted octanol–water partition coefficient (Wildman–Crippen LogP) is 3.92. The average molecular weight is 252 g/mol. The molecule has 0 aliphatic rings. The Balaban J connectivity index is 1.97. The van der Waals surface area contributed by atoms with E-state index in [0.717, 1.165) is 11.1 Å². The van der Waals surface area contributed by atoms with Gasteiger partial charge in [-0.1, -0.05) is 47.5 Å². The van der Waals surface area contributed by atoms with E-state index < -0.39 is 0 Å². The molecule has 0 saturated heterocycles. The molecule has 0 saturated carbocycles. The second kappa shape index (κ2) is 6.01. The van der Waals surface area contributed by atoms with Crippen LogP contribution in [0.25, 0.3) is 6.08 Å². The summed E-state index contributed by atoms with van der Waals surface area (Å²) < 4.78 is 5.19. The number of aryl methyl sites for hydroxylation is 2. The largest absolute Gasteiger partial charge is 0.423 e. The molecule has 0 unspecified atom stereocenters. The number of rotatable bonds is 3. The lowest BCUT2D eigenvalue weighted by atomic mass is 10.1. The minimum atomic E-state index is -0.371. The summed E-state index contributed by atoms with van der Waals surface area (Å²) in [6, 6.07) is 15.3. The van der Waals surface area contributed by atoms with Crippen LogP contribution in [0.1, 0.15) is 16.7 Å². The number of ether oxygens (including phenoxy) is 1. The van der Waals surface area contributed by atoms with Crippen molar-refractivity contribution in [2.75, 3.05) is 0 Å². The Kier molecular flexibility index (Phi) is 4.14. The summed E-state index contributed by atoms with van der Waals surface area (Å²) in [5.41, 5.74) is 3.31. The van der Waals surface area contributed by atoms with E-state index in [4.69, 9.17) is 4.74 Å². The molecular weight excluding hydrogens is 236 g/mol. The van der Waals surface area contributed by atoms with E-state index >= 15 is 0 Å². The fourth-order valence-corrected chi connectivity index (χ4v) is 1.60. The van der Waals surface area contributed by atoms with Crippen molar-refractivity contribution in [1.82, 2.24) is 0 Å². The van der Waals surface area contributed by atoms with Gasteiger partial charge in [0.25, 0.3) is 0 Å². The number of carbonyl (C=O) groups excluding carboxylic acids is 1. The van der Waals surface area contributed by atoms with Crippen LogP contribution in [0.2, 0.25) is 0 Å². The molecule has 2 rings (SSSR count). The van der Waals surface area contributed by atoms with Crippen LogP contribution in [0.15, 0.2) is 54.6 Å². The van der Waals surface area contributed by atoms with E-state index in [1.807, 2.05) is 50.2 Å². The number of benzene rings is 2. The van der Waals surface area contributed by atoms with Crippen LogP contribution in [0.5, 0.6) is 5.75 Å². The van der Waals surface area contributed by atoms with E-state index in [1.165, 1.54) is 11.6 Å². The molecule has 2 heteroatoms. The van der Waals surface area contributed by atoms with Gasteiger partial charge in [-0.15, -0.1) is 0 Å². The first-order chi connectivity index (χ1) is 9.13. The lowest BCUT2D eigenvalue weighted by molar-refractivity contribution is -0.128. The second-order valence-electron chi connectivity index (χ2n) is 4.48. The maximum absolute atomic E-state index is 11.6. The lowest BCUT2D eigenvalue weighted by Gasteiger charge is -2.01. The van der Waals surface area contributed by atoms with Gasteiger partial charge in [0.2, 0.25) is 0 Å². The van der Waals surface area contributed by atoms with Crippen LogP contribution in [0.4, 0.5) is 0 Å². The molecule has 0 radical (unpaired) electrons. The Morgan fingerprint density at radius 2 is 1.42 bits per heavy atom. The zero-order valence-corrected chi connectivity index (χ0v) is 11.1. The molecule has 0 spiro atoms. The summed E-state index contributed by atoms with van der Waals surface area (Å²) in [5, 5.41) is 0. The lowest BCUT2D eigenvalue weighted by Crippen LogP contribution is -2.03. The van der Waals surface area contributed by atoms with Gasteiger partial charge < -0.3 is 4.74 Å². The quantitative estimate of drug-likeness (QED) is 0.470. The molecule has 0 fully saturated rings. The number of carbonyl (C=O) groups is 1. The third-order valence-corrected chi connectivity index (χ3v) is 2.73. The van der Waals surface area contributed by atoms with Gasteiger partial charge in [-0.3, -0.25) is 0 Å². The van der Waals surface area contributed by atoms with Gasteiger partial charge in [-0.25, -0.2) is 4.79 Å². The summed E-state index contributed by atoms with van der Waals surface area (Å²) in [5.74, 6) is 0.189. The summed E-state index contributed by atoms with van der Waals surface area (Å²) in [4.78, 5) is 11.6. The number of esters is 1. The molecule has 2 nitrogen and oxygen atoms in total. The molecule has 0 atom stereocenters. The maximum Gasteiger partial charge on any atom is 0.336 e. The van der Waals surface area contributed by atoms with E-state index in [-0.39, 0.29) is 5.97 Å². The first kappa shape index (κ1) is 13.1. The van der Waals surface area contributed by atoms with Gasteiger partial charge in [-0.05, 0) is 37.6 Å². The highest BCUT2D eigenvalue weighted by Crippen LogP contribution is 2.12. The zero-order chi connectivity index (χ0) is 13.7. The van der Waals surface area contributed by atoms with E-state index in [1.54, 1.807) is 18.2 Å². The molecule has 0 bridgehead atoms. The van der Waals surface area contributed by atoms with Crippen molar-refractivity contribution in [3.05, 3.63) is 71.3 Å². The molecule has 0 aliphatic carbocycles. The normalized spacial score (nSPS) is 10.6. The first-order valence-electron chi connectivity index (χ1n) is 6.17. The third-order valence-electron chi connectivity index (χ3n) is 2.73. The van der Waals surface area contributed by atoms with Crippen molar-refractivity contribution < 1.29 is 9.53 Å². The molecule has 0 aromatic heterocycles. The van der Waals surface area contributed by atoms with Gasteiger partial charge >= 0.3 is 5.97 Å². The first-order valence-corrected chi connectivity index (χ1v) is 6.17. The van der Waals surface area contributed by atoms with Crippen LogP contribution >= 0.6 is 0 Å². The molecule has 19 heavy (non-hydrogen) atoms. The zero-order valence-electron chi connectivity index (χ0n) is 11.1. The van der Waals surface area contributed by atoms with Gasteiger partial charge in [0.05, 0.1) is 0 Å². The summed E-state index contributed by atoms with van der Waals surface area (Å²) in [6.45, 7) is 4.02. The highest BCUT2D eigenvalue weighted by atomic mass is 16.5. The maximum atomic E-state index is 11.6. The Morgan fingerprint density at radius 1 is 0.895 bits per heavy atom. The smallest absolute Gasteiger partial charge is 0.336 e. The molecular formula is C17H16O2. The van der Waals surface area contributed by atoms with Crippen molar-refractivity contribution in [3.63, 3.8) is 0 Å².